The summed E-state index contributed by atoms with van der Waals surface area (Å²) in [6.07, 6.45) is -2.31. The highest BCUT2D eigenvalue weighted by molar-refractivity contribution is 7.99. The van der Waals surface area contributed by atoms with Crippen LogP contribution in [-0.2, 0) is 50.1 Å². The second-order valence-corrected chi connectivity index (χ2v) is 12.9. The first-order valence-electron chi connectivity index (χ1n) is 16.4. The molecule has 6 rings (SSSR count). The molecule has 1 fully saturated rings. The van der Waals surface area contributed by atoms with Crippen LogP contribution in [0, 0.1) is 0 Å². The fraction of sp³-hybridized carbons (Fsp3) is 0.244. The molecular weight excluding hydrogens is 637 g/mol. The maximum Gasteiger partial charge on any atom is 0.336 e. The van der Waals surface area contributed by atoms with E-state index in [1.165, 1.54) is 11.8 Å². The normalized spacial score (nSPS) is 20.5. The highest BCUT2D eigenvalue weighted by Crippen LogP contribution is 2.38. The number of carboxylic acid groups (broad SMARTS) is 1. The molecule has 5 aromatic rings. The van der Waals surface area contributed by atoms with E-state index < -0.39 is 35.8 Å². The zero-order chi connectivity index (χ0) is 33.7. The standard InChI is InChI=1S/C41H40O7S/c42-40(43)35-24-14-13-21-33(35)28-47-39-38(46-27-32-19-9-3-10-20-32)37(45-26-31-17-7-2-8-18-31)36(29-44-25-30-15-5-1-6-16-30)48-41(39)49-34-22-11-4-12-23-34/h1-24,36-39,41H,25-29H2,(H,42,43)/t36-,37-,38+,39-,41+/m1/s1. The smallest absolute Gasteiger partial charge is 0.336 e. The molecule has 0 bridgehead atoms. The molecule has 1 heterocycles. The molecule has 5 atom stereocenters. The first kappa shape index (κ1) is 34.6. The summed E-state index contributed by atoms with van der Waals surface area (Å²) in [5, 5.41) is 9.89. The summed E-state index contributed by atoms with van der Waals surface area (Å²) in [6.45, 7) is 1.39. The Labute approximate surface area is 291 Å². The molecule has 49 heavy (non-hydrogen) atoms. The van der Waals surface area contributed by atoms with Crippen molar-refractivity contribution in [3.8, 4) is 0 Å². The van der Waals surface area contributed by atoms with Gasteiger partial charge in [-0.15, -0.1) is 0 Å². The van der Waals surface area contributed by atoms with Gasteiger partial charge in [0, 0.05) is 4.90 Å². The molecule has 0 amide bonds. The number of hydrogen-bond acceptors (Lipinski definition) is 7. The van der Waals surface area contributed by atoms with Gasteiger partial charge in [0.15, 0.2) is 0 Å². The van der Waals surface area contributed by atoms with Crippen LogP contribution in [0.3, 0.4) is 0 Å². The van der Waals surface area contributed by atoms with Gasteiger partial charge < -0.3 is 28.8 Å². The molecule has 7 nitrogen and oxygen atoms in total. The van der Waals surface area contributed by atoms with Crippen molar-refractivity contribution in [2.24, 2.45) is 0 Å². The zero-order valence-electron chi connectivity index (χ0n) is 27.1. The SMILES string of the molecule is O=C(O)c1ccccc1CO[C@@H]1[C@@H](OCc2ccccc2)[C@H](OCc2ccccc2)[C@@H](COCc2ccccc2)O[C@H]1Sc1ccccc1. The van der Waals surface area contributed by atoms with Gasteiger partial charge >= 0.3 is 5.97 Å². The highest BCUT2D eigenvalue weighted by Gasteiger charge is 2.49. The number of aromatic carboxylic acids is 1. The molecule has 1 aliphatic rings. The average Bonchev–Trinajstić information content (AvgIpc) is 3.15. The largest absolute Gasteiger partial charge is 0.478 e. The predicted octanol–water partition coefficient (Wildman–Crippen LogP) is 8.17. The van der Waals surface area contributed by atoms with Crippen molar-refractivity contribution in [1.82, 2.24) is 0 Å². The van der Waals surface area contributed by atoms with Crippen molar-refractivity contribution < 1.29 is 33.6 Å². The van der Waals surface area contributed by atoms with E-state index in [1.54, 1.807) is 18.2 Å². The maximum atomic E-state index is 12.1. The lowest BCUT2D eigenvalue weighted by atomic mass is 9.98. The van der Waals surface area contributed by atoms with Gasteiger partial charge in [-0.05, 0) is 40.5 Å². The van der Waals surface area contributed by atoms with E-state index in [-0.39, 0.29) is 18.8 Å². The maximum absolute atomic E-state index is 12.1. The lowest BCUT2D eigenvalue weighted by molar-refractivity contribution is -0.254. The van der Waals surface area contributed by atoms with E-state index in [0.29, 0.717) is 25.4 Å². The molecule has 0 aliphatic carbocycles. The Kier molecular flexibility index (Phi) is 12.6. The molecule has 0 radical (unpaired) electrons. The van der Waals surface area contributed by atoms with Crippen LogP contribution in [0.15, 0.2) is 150 Å². The van der Waals surface area contributed by atoms with Crippen molar-refractivity contribution in [1.29, 1.82) is 0 Å². The van der Waals surface area contributed by atoms with Crippen LogP contribution < -0.4 is 0 Å². The second-order valence-electron chi connectivity index (χ2n) is 11.7. The molecule has 0 spiro atoms. The Morgan fingerprint density at radius 3 is 1.65 bits per heavy atom. The van der Waals surface area contributed by atoms with Crippen molar-refractivity contribution in [3.63, 3.8) is 0 Å². The Morgan fingerprint density at radius 2 is 1.06 bits per heavy atom. The Hall–Kier alpha value is -4.28. The van der Waals surface area contributed by atoms with Crippen LogP contribution in [0.1, 0.15) is 32.6 Å². The molecule has 1 N–H and O–H groups in total. The molecule has 8 heteroatoms. The van der Waals surface area contributed by atoms with E-state index in [1.807, 2.05) is 127 Å². The summed E-state index contributed by atoms with van der Waals surface area (Å²) in [6, 6.07) is 46.9. The van der Waals surface area contributed by atoms with Crippen LogP contribution in [0.2, 0.25) is 0 Å². The fourth-order valence-electron chi connectivity index (χ4n) is 5.75. The number of thioether (sulfide) groups is 1. The Balaban J connectivity index is 1.34. The van der Waals surface area contributed by atoms with Crippen LogP contribution in [0.4, 0.5) is 0 Å². The summed E-state index contributed by atoms with van der Waals surface area (Å²) < 4.78 is 33.4. The van der Waals surface area contributed by atoms with Crippen molar-refractivity contribution in [3.05, 3.63) is 173 Å². The minimum absolute atomic E-state index is 0.0497. The van der Waals surface area contributed by atoms with E-state index >= 15 is 0 Å². The van der Waals surface area contributed by atoms with Gasteiger partial charge in [0.05, 0.1) is 38.6 Å². The topological polar surface area (TPSA) is 83.5 Å². The average molecular weight is 677 g/mol. The van der Waals surface area contributed by atoms with Gasteiger partial charge in [0.1, 0.15) is 29.9 Å². The first-order chi connectivity index (χ1) is 24.1. The number of benzene rings is 5. The molecular formula is C41H40O7S. The zero-order valence-corrected chi connectivity index (χ0v) is 27.9. The molecule has 252 valence electrons. The number of carbonyl (C=O) groups is 1. The van der Waals surface area contributed by atoms with Crippen LogP contribution in [0.25, 0.3) is 0 Å². The number of carboxylic acids is 1. The number of hydrogen-bond donors (Lipinski definition) is 1. The van der Waals surface area contributed by atoms with Crippen molar-refractivity contribution in [2.75, 3.05) is 6.61 Å². The molecule has 5 aromatic carbocycles. The van der Waals surface area contributed by atoms with Crippen LogP contribution >= 0.6 is 11.8 Å². The van der Waals surface area contributed by atoms with Gasteiger partial charge in [-0.25, -0.2) is 4.79 Å². The minimum Gasteiger partial charge on any atom is -0.478 e. The summed E-state index contributed by atoms with van der Waals surface area (Å²) in [5.74, 6) is -1.01. The lowest BCUT2D eigenvalue weighted by Gasteiger charge is -2.46. The summed E-state index contributed by atoms with van der Waals surface area (Å²) in [5.41, 5.74) is 3.32. The third kappa shape index (κ3) is 9.89. The molecule has 0 saturated carbocycles. The predicted molar refractivity (Wildman–Crippen MR) is 189 cm³/mol. The van der Waals surface area contributed by atoms with Crippen LogP contribution in [0.5, 0.6) is 0 Å². The van der Waals surface area contributed by atoms with E-state index in [2.05, 4.69) is 0 Å². The fourth-order valence-corrected chi connectivity index (χ4v) is 6.90. The quantitative estimate of drug-likeness (QED) is 0.112. The lowest BCUT2D eigenvalue weighted by Crippen LogP contribution is -2.60. The third-order valence-electron chi connectivity index (χ3n) is 8.23. The highest BCUT2D eigenvalue weighted by atomic mass is 32.2. The molecule has 1 aliphatic heterocycles. The van der Waals surface area contributed by atoms with Gasteiger partial charge in [-0.2, -0.15) is 0 Å². The van der Waals surface area contributed by atoms with E-state index in [9.17, 15) is 9.90 Å². The van der Waals surface area contributed by atoms with Gasteiger partial charge in [0.25, 0.3) is 0 Å². The van der Waals surface area contributed by atoms with E-state index in [4.69, 9.17) is 23.7 Å². The van der Waals surface area contributed by atoms with Gasteiger partial charge in [-0.1, -0.05) is 139 Å². The Morgan fingerprint density at radius 1 is 0.571 bits per heavy atom. The minimum atomic E-state index is -1.01. The third-order valence-corrected chi connectivity index (χ3v) is 9.39. The van der Waals surface area contributed by atoms with E-state index in [0.717, 1.165) is 21.6 Å². The molecule has 0 aromatic heterocycles. The number of rotatable bonds is 16. The monoisotopic (exact) mass is 676 g/mol. The van der Waals surface area contributed by atoms with Crippen molar-refractivity contribution in [2.45, 2.75) is 61.2 Å². The summed E-state index contributed by atoms with van der Waals surface area (Å²) >= 11 is 1.54. The van der Waals surface area contributed by atoms with Crippen molar-refractivity contribution >= 4 is 17.7 Å². The van der Waals surface area contributed by atoms with Gasteiger partial charge in [-0.3, -0.25) is 0 Å². The Bertz CT molecular complexity index is 1710. The number of ether oxygens (including phenoxy) is 5. The molecule has 1 saturated heterocycles. The summed E-state index contributed by atoms with van der Waals surface area (Å²) in [4.78, 5) is 13.1. The van der Waals surface area contributed by atoms with Gasteiger partial charge in [0.2, 0.25) is 0 Å². The summed E-state index contributed by atoms with van der Waals surface area (Å²) in [7, 11) is 0. The first-order valence-corrected chi connectivity index (χ1v) is 17.2. The second kappa shape index (κ2) is 17.9. The molecule has 0 unspecified atom stereocenters. The van der Waals surface area contributed by atoms with Crippen LogP contribution in [-0.4, -0.2) is 47.5 Å².